The summed E-state index contributed by atoms with van der Waals surface area (Å²) < 4.78 is 12.1. The molecule has 9 rings (SSSR count). The molecule has 0 radical (unpaired) electrons. The normalized spacial score (nSPS) is 14.8. The Kier molecular flexibility index (Phi) is 5.88. The Morgan fingerprint density at radius 3 is 1.98 bits per heavy atom. The summed E-state index contributed by atoms with van der Waals surface area (Å²) in [7, 11) is 0. The van der Waals surface area contributed by atoms with E-state index in [0.717, 1.165) is 51.1 Å². The molecule has 0 bridgehead atoms. The lowest BCUT2D eigenvalue weighted by atomic mass is 9.98. The smallest absolute Gasteiger partial charge is 0.227 e. The van der Waals surface area contributed by atoms with Crippen LogP contribution < -0.4 is 4.90 Å². The highest BCUT2D eigenvalue weighted by Gasteiger charge is 2.23. The molecule has 0 saturated carbocycles. The molecule has 45 heavy (non-hydrogen) atoms. The maximum absolute atomic E-state index is 6.07. The van der Waals surface area contributed by atoms with E-state index < -0.39 is 0 Å². The van der Waals surface area contributed by atoms with Crippen molar-refractivity contribution >= 4 is 60.7 Å². The van der Waals surface area contributed by atoms with E-state index in [4.69, 9.17) is 18.8 Å². The second kappa shape index (κ2) is 10.4. The van der Waals surface area contributed by atoms with Gasteiger partial charge in [-0.05, 0) is 88.6 Å². The topological polar surface area (TPSA) is 55.3 Å². The lowest BCUT2D eigenvalue weighted by molar-refractivity contribution is 0.584. The van der Waals surface area contributed by atoms with Gasteiger partial charge in [-0.25, -0.2) is 9.97 Å². The highest BCUT2D eigenvalue weighted by atomic mass is 16.4. The van der Waals surface area contributed by atoms with Crippen LogP contribution in [0.5, 0.6) is 0 Å². The number of fused-ring (bicyclic) bond motifs is 5. The minimum absolute atomic E-state index is 0.0891. The first-order valence-corrected chi connectivity index (χ1v) is 15.2. The first kappa shape index (κ1) is 25.5. The van der Waals surface area contributed by atoms with Crippen molar-refractivity contribution in [3.63, 3.8) is 0 Å². The molecule has 0 spiro atoms. The zero-order chi connectivity index (χ0) is 29.7. The molecule has 8 aromatic rings. The first-order valence-electron chi connectivity index (χ1n) is 15.2. The molecule has 2 heterocycles. The summed E-state index contributed by atoms with van der Waals surface area (Å²) in [5.41, 5.74) is 7.47. The molecular formula is C40H27N3O2. The van der Waals surface area contributed by atoms with Gasteiger partial charge in [-0.3, -0.25) is 0 Å². The summed E-state index contributed by atoms with van der Waals surface area (Å²) in [4.78, 5) is 11.8. The molecule has 1 atom stereocenters. The predicted molar refractivity (Wildman–Crippen MR) is 183 cm³/mol. The van der Waals surface area contributed by atoms with Gasteiger partial charge in [0.05, 0.1) is 6.04 Å². The average Bonchev–Trinajstić information content (AvgIpc) is 3.74. The number of benzene rings is 6. The molecular weight excluding hydrogens is 554 g/mol. The van der Waals surface area contributed by atoms with Crippen LogP contribution in [0.2, 0.25) is 0 Å². The van der Waals surface area contributed by atoms with Gasteiger partial charge in [0.25, 0.3) is 0 Å². The summed E-state index contributed by atoms with van der Waals surface area (Å²) in [5, 5.41) is 4.97. The van der Waals surface area contributed by atoms with Crippen molar-refractivity contribution in [2.24, 2.45) is 0 Å². The van der Waals surface area contributed by atoms with Crippen LogP contribution in [0.1, 0.15) is 12.3 Å². The number of oxazole rings is 2. The van der Waals surface area contributed by atoms with Crippen LogP contribution in [-0.2, 0) is 0 Å². The summed E-state index contributed by atoms with van der Waals surface area (Å²) in [5.74, 6) is 1.27. The minimum atomic E-state index is 0.0891. The highest BCUT2D eigenvalue weighted by Crippen LogP contribution is 2.37. The van der Waals surface area contributed by atoms with Gasteiger partial charge in [0.1, 0.15) is 11.0 Å². The van der Waals surface area contributed by atoms with Crippen LogP contribution in [0, 0.1) is 0 Å². The average molecular weight is 582 g/mol. The van der Waals surface area contributed by atoms with Gasteiger partial charge in [-0.2, -0.15) is 0 Å². The number of rotatable bonds is 5. The number of nitrogens with zero attached hydrogens (tertiary/aromatic N) is 3. The number of aromatic nitrogens is 2. The number of allylic oxidation sites excluding steroid dienone is 2. The molecule has 5 nitrogen and oxygen atoms in total. The molecule has 1 aliphatic rings. The van der Waals surface area contributed by atoms with Gasteiger partial charge in [0.2, 0.25) is 11.8 Å². The molecule has 0 N–H and O–H groups in total. The van der Waals surface area contributed by atoms with Crippen LogP contribution in [0.25, 0.3) is 60.8 Å². The van der Waals surface area contributed by atoms with Crippen LogP contribution in [-0.4, -0.2) is 16.0 Å². The minimum Gasteiger partial charge on any atom is -0.436 e. The zero-order valence-electron chi connectivity index (χ0n) is 24.3. The lowest BCUT2D eigenvalue weighted by Crippen LogP contribution is -2.30. The molecule has 214 valence electrons. The van der Waals surface area contributed by atoms with Crippen molar-refractivity contribution in [3.05, 3.63) is 152 Å². The zero-order valence-corrected chi connectivity index (χ0v) is 24.3. The largest absolute Gasteiger partial charge is 0.436 e. The molecule has 0 saturated heterocycles. The van der Waals surface area contributed by atoms with E-state index in [9.17, 15) is 0 Å². The summed E-state index contributed by atoms with van der Waals surface area (Å²) in [6, 6.07) is 44.1. The van der Waals surface area contributed by atoms with Crippen molar-refractivity contribution in [2.75, 3.05) is 4.90 Å². The van der Waals surface area contributed by atoms with E-state index in [0.29, 0.717) is 11.8 Å². The molecule has 6 aromatic carbocycles. The van der Waals surface area contributed by atoms with Gasteiger partial charge in [0, 0.05) is 22.5 Å². The Bertz CT molecular complexity index is 2360. The quantitative estimate of drug-likeness (QED) is 0.189. The monoisotopic (exact) mass is 581 g/mol. The van der Waals surface area contributed by atoms with E-state index in [1.54, 1.807) is 0 Å². The van der Waals surface area contributed by atoms with Crippen LogP contribution in [0.3, 0.4) is 0 Å². The number of hydrogen-bond acceptors (Lipinski definition) is 5. The van der Waals surface area contributed by atoms with Crippen LogP contribution >= 0.6 is 0 Å². The molecule has 0 aliphatic heterocycles. The summed E-state index contributed by atoms with van der Waals surface area (Å²) in [6.45, 7) is 0. The standard InChI is InChI=1S/C40H27N3O2/c1-2-8-33-26(7-1)13-14-29-25-32(23-24-34(29)33)43(30-19-15-27(16-20-30)39-41-35-9-3-5-11-37(35)44-39)31-21-17-28(18-22-31)40-42-36-10-4-6-12-38(36)45-40/h1-21,23-25,31H,22H2. The molecule has 5 heteroatoms. The van der Waals surface area contributed by atoms with E-state index in [2.05, 4.69) is 102 Å². The van der Waals surface area contributed by atoms with Gasteiger partial charge in [-0.1, -0.05) is 85.0 Å². The maximum atomic E-state index is 6.07. The second-order valence-electron chi connectivity index (χ2n) is 11.4. The first-order chi connectivity index (χ1) is 22.3. The lowest BCUT2D eigenvalue weighted by Gasteiger charge is -2.33. The van der Waals surface area contributed by atoms with E-state index >= 15 is 0 Å². The third-order valence-corrected chi connectivity index (χ3v) is 8.64. The van der Waals surface area contributed by atoms with Gasteiger partial charge in [-0.15, -0.1) is 0 Å². The van der Waals surface area contributed by atoms with Gasteiger partial charge < -0.3 is 13.7 Å². The van der Waals surface area contributed by atoms with Gasteiger partial charge in [0.15, 0.2) is 11.2 Å². The van der Waals surface area contributed by atoms with Crippen molar-refractivity contribution in [1.29, 1.82) is 0 Å². The van der Waals surface area contributed by atoms with Gasteiger partial charge >= 0.3 is 0 Å². The molecule has 0 fully saturated rings. The van der Waals surface area contributed by atoms with E-state index in [-0.39, 0.29) is 6.04 Å². The van der Waals surface area contributed by atoms with Crippen molar-refractivity contribution in [3.8, 4) is 11.5 Å². The molecule has 2 aromatic heterocycles. The Morgan fingerprint density at radius 2 is 1.22 bits per heavy atom. The Labute approximate surface area is 259 Å². The SMILES string of the molecule is C1=CC(N(c2ccc(-c3nc4ccccc4o3)cc2)c2ccc3c(ccc4ccccc43)c2)CC=C1c1nc2ccccc2o1. The number of anilines is 2. The third kappa shape index (κ3) is 4.48. The number of hydrogen-bond donors (Lipinski definition) is 0. The summed E-state index contributed by atoms with van der Waals surface area (Å²) >= 11 is 0. The Morgan fingerprint density at radius 1 is 0.578 bits per heavy atom. The Balaban J connectivity index is 1.10. The molecule has 1 unspecified atom stereocenters. The highest BCUT2D eigenvalue weighted by molar-refractivity contribution is 6.08. The van der Waals surface area contributed by atoms with Crippen LogP contribution in [0.4, 0.5) is 11.4 Å². The van der Waals surface area contributed by atoms with Crippen molar-refractivity contribution in [2.45, 2.75) is 12.5 Å². The maximum Gasteiger partial charge on any atom is 0.227 e. The summed E-state index contributed by atoms with van der Waals surface area (Å²) in [6.07, 6.45) is 7.41. The fourth-order valence-electron chi connectivity index (χ4n) is 6.40. The van der Waals surface area contributed by atoms with Crippen molar-refractivity contribution in [1.82, 2.24) is 9.97 Å². The predicted octanol–water partition coefficient (Wildman–Crippen LogP) is 10.5. The number of para-hydroxylation sites is 4. The molecule has 1 aliphatic carbocycles. The van der Waals surface area contributed by atoms with Crippen molar-refractivity contribution < 1.29 is 8.83 Å². The third-order valence-electron chi connectivity index (χ3n) is 8.64. The van der Waals surface area contributed by atoms with E-state index in [1.807, 2.05) is 48.5 Å². The molecule has 0 amide bonds. The van der Waals surface area contributed by atoms with Crippen LogP contribution in [0.15, 0.2) is 154 Å². The Hall–Kier alpha value is -5.94. The second-order valence-corrected chi connectivity index (χ2v) is 11.4. The fraction of sp³-hybridized carbons (Fsp3) is 0.0500. The van der Waals surface area contributed by atoms with E-state index in [1.165, 1.54) is 21.5 Å². The fourth-order valence-corrected chi connectivity index (χ4v) is 6.40.